The second kappa shape index (κ2) is 4.74. The molecule has 0 aliphatic carbocycles. The molecule has 1 aromatic carbocycles. The van der Waals surface area contributed by atoms with Gasteiger partial charge in [-0.25, -0.2) is 0 Å². The van der Waals surface area contributed by atoms with Crippen molar-refractivity contribution in [3.8, 4) is 11.8 Å². The number of nitrogens with zero attached hydrogens (tertiary/aromatic N) is 1. The smallest absolute Gasteiger partial charge is 0.416 e. The molecule has 2 nitrogen and oxygen atoms in total. The van der Waals surface area contributed by atoms with Gasteiger partial charge in [-0.15, -0.1) is 0 Å². The number of methoxy groups -OCH3 is 1. The van der Waals surface area contributed by atoms with E-state index >= 15 is 0 Å². The third kappa shape index (κ3) is 2.47. The zero-order valence-corrected chi connectivity index (χ0v) is 9.82. The highest BCUT2D eigenvalue weighted by atomic mass is 79.9. The first-order valence-electron chi connectivity index (χ1n) is 4.18. The fourth-order valence-corrected chi connectivity index (χ4v) is 1.72. The van der Waals surface area contributed by atoms with Crippen LogP contribution in [0.15, 0.2) is 12.1 Å². The van der Waals surface area contributed by atoms with E-state index in [4.69, 9.17) is 10.00 Å². The Balaban J connectivity index is 3.45. The van der Waals surface area contributed by atoms with Gasteiger partial charge in [0.2, 0.25) is 0 Å². The molecule has 1 aromatic rings. The molecule has 0 spiro atoms. The number of benzene rings is 1. The van der Waals surface area contributed by atoms with Crippen molar-refractivity contribution in [2.24, 2.45) is 0 Å². The van der Waals surface area contributed by atoms with Crippen LogP contribution in [0, 0.1) is 11.3 Å². The molecule has 0 N–H and O–H groups in total. The van der Waals surface area contributed by atoms with Gasteiger partial charge in [0, 0.05) is 5.33 Å². The first kappa shape index (κ1) is 12.8. The highest BCUT2D eigenvalue weighted by Gasteiger charge is 2.34. The Labute approximate surface area is 98.8 Å². The van der Waals surface area contributed by atoms with Crippen LogP contribution in [0.3, 0.4) is 0 Å². The molecule has 0 saturated heterocycles. The van der Waals surface area contributed by atoms with Crippen LogP contribution in [0.4, 0.5) is 13.2 Å². The summed E-state index contributed by atoms with van der Waals surface area (Å²) in [5, 5.41) is 8.74. The molecule has 0 aliphatic rings. The van der Waals surface area contributed by atoms with Crippen molar-refractivity contribution < 1.29 is 17.9 Å². The van der Waals surface area contributed by atoms with E-state index in [1.54, 1.807) is 6.07 Å². The van der Waals surface area contributed by atoms with Crippen LogP contribution < -0.4 is 4.74 Å². The quantitative estimate of drug-likeness (QED) is 0.782. The van der Waals surface area contributed by atoms with E-state index in [9.17, 15) is 13.2 Å². The summed E-state index contributed by atoms with van der Waals surface area (Å²) in [6.07, 6.45) is -4.47. The molecule has 0 fully saturated rings. The molecule has 1 rings (SSSR count). The third-order valence-corrected chi connectivity index (χ3v) is 2.60. The molecule has 0 atom stereocenters. The average Bonchev–Trinajstić information content (AvgIpc) is 2.25. The van der Waals surface area contributed by atoms with E-state index in [1.165, 1.54) is 13.2 Å². The van der Waals surface area contributed by atoms with Gasteiger partial charge in [0.1, 0.15) is 11.8 Å². The van der Waals surface area contributed by atoms with Crippen LogP contribution >= 0.6 is 15.9 Å². The van der Waals surface area contributed by atoms with E-state index in [0.29, 0.717) is 0 Å². The predicted octanol–water partition coefficient (Wildman–Crippen LogP) is 3.48. The van der Waals surface area contributed by atoms with Crippen LogP contribution in [-0.4, -0.2) is 7.11 Å². The summed E-state index contributed by atoms with van der Waals surface area (Å²) in [7, 11) is 1.31. The molecule has 0 radical (unpaired) electrons. The Morgan fingerprint density at radius 3 is 2.44 bits per heavy atom. The van der Waals surface area contributed by atoms with E-state index in [0.717, 1.165) is 6.07 Å². The molecule has 0 aliphatic heterocycles. The number of hydrogen-bond donors (Lipinski definition) is 0. The van der Waals surface area contributed by atoms with E-state index in [2.05, 4.69) is 15.9 Å². The minimum Gasteiger partial charge on any atom is -0.495 e. The minimum atomic E-state index is -4.47. The second-order valence-electron chi connectivity index (χ2n) is 2.95. The maximum absolute atomic E-state index is 12.6. The SMILES string of the molecule is COc1cc(CBr)c(C(F)(F)F)cc1C#N. The molecule has 0 amide bonds. The molecule has 0 bridgehead atoms. The van der Waals surface area contributed by atoms with Crippen molar-refractivity contribution in [1.82, 2.24) is 0 Å². The van der Waals surface area contributed by atoms with Gasteiger partial charge < -0.3 is 4.74 Å². The Bertz CT molecular complexity index is 437. The molecular weight excluding hydrogens is 287 g/mol. The van der Waals surface area contributed by atoms with Gasteiger partial charge in [-0.1, -0.05) is 15.9 Å². The second-order valence-corrected chi connectivity index (χ2v) is 3.51. The molecular formula is C10H7BrF3NO. The van der Waals surface area contributed by atoms with Crippen molar-refractivity contribution in [3.05, 3.63) is 28.8 Å². The van der Waals surface area contributed by atoms with E-state index < -0.39 is 11.7 Å². The van der Waals surface area contributed by atoms with Gasteiger partial charge in [0.15, 0.2) is 0 Å². The summed E-state index contributed by atoms with van der Waals surface area (Å²) in [6, 6.07) is 3.69. The number of rotatable bonds is 2. The largest absolute Gasteiger partial charge is 0.495 e. The zero-order valence-electron chi connectivity index (χ0n) is 8.23. The van der Waals surface area contributed by atoms with E-state index in [-0.39, 0.29) is 22.2 Å². The standard InChI is InChI=1S/C10H7BrF3NO/c1-16-9-3-6(4-11)8(10(12,13)14)2-7(9)5-15/h2-3H,4H2,1H3. The number of halogens is 4. The van der Waals surface area contributed by atoms with Crippen molar-refractivity contribution in [3.63, 3.8) is 0 Å². The monoisotopic (exact) mass is 293 g/mol. The van der Waals surface area contributed by atoms with Gasteiger partial charge >= 0.3 is 6.18 Å². The number of hydrogen-bond acceptors (Lipinski definition) is 2. The van der Waals surface area contributed by atoms with Crippen LogP contribution in [0.1, 0.15) is 16.7 Å². The molecule has 0 unspecified atom stereocenters. The Kier molecular flexibility index (Phi) is 3.81. The van der Waals surface area contributed by atoms with Crippen LogP contribution in [0.2, 0.25) is 0 Å². The lowest BCUT2D eigenvalue weighted by Gasteiger charge is -2.13. The topological polar surface area (TPSA) is 33.0 Å². The fourth-order valence-electron chi connectivity index (χ4n) is 1.25. The molecule has 86 valence electrons. The van der Waals surface area contributed by atoms with Crippen molar-refractivity contribution >= 4 is 15.9 Å². The predicted molar refractivity (Wildman–Crippen MR) is 55.3 cm³/mol. The molecule has 0 aromatic heterocycles. The number of alkyl halides is 4. The van der Waals surface area contributed by atoms with Crippen molar-refractivity contribution in [2.75, 3.05) is 7.11 Å². The maximum Gasteiger partial charge on any atom is 0.416 e. The summed E-state index contributed by atoms with van der Waals surface area (Å²) in [5.74, 6) is 0.143. The Hall–Kier alpha value is -1.22. The van der Waals surface area contributed by atoms with Crippen LogP contribution in [0.5, 0.6) is 5.75 Å². The highest BCUT2D eigenvalue weighted by molar-refractivity contribution is 9.08. The summed E-state index contributed by atoms with van der Waals surface area (Å²) in [4.78, 5) is 0. The molecule has 0 saturated carbocycles. The summed E-state index contributed by atoms with van der Waals surface area (Å²) >= 11 is 2.97. The van der Waals surface area contributed by atoms with Crippen molar-refractivity contribution in [2.45, 2.75) is 11.5 Å². The van der Waals surface area contributed by atoms with Crippen LogP contribution in [0.25, 0.3) is 0 Å². The normalized spacial score (nSPS) is 11.0. The highest BCUT2D eigenvalue weighted by Crippen LogP contribution is 2.36. The van der Waals surface area contributed by atoms with E-state index in [1.807, 2.05) is 0 Å². The van der Waals surface area contributed by atoms with Gasteiger partial charge in [-0.3, -0.25) is 0 Å². The van der Waals surface area contributed by atoms with Crippen LogP contribution in [-0.2, 0) is 11.5 Å². The van der Waals surface area contributed by atoms with Gasteiger partial charge in [0.05, 0.1) is 18.2 Å². The summed E-state index contributed by atoms with van der Waals surface area (Å²) < 4.78 is 42.7. The Morgan fingerprint density at radius 2 is 2.06 bits per heavy atom. The average molecular weight is 294 g/mol. The molecule has 16 heavy (non-hydrogen) atoms. The maximum atomic E-state index is 12.6. The fraction of sp³-hybridized carbons (Fsp3) is 0.300. The van der Waals surface area contributed by atoms with Gasteiger partial charge in [-0.2, -0.15) is 18.4 Å². The lowest BCUT2D eigenvalue weighted by Crippen LogP contribution is -2.09. The van der Waals surface area contributed by atoms with Gasteiger partial charge in [0.25, 0.3) is 0 Å². The zero-order chi connectivity index (χ0) is 12.3. The number of nitriles is 1. The summed E-state index contributed by atoms with van der Waals surface area (Å²) in [6.45, 7) is 0. The molecule has 6 heteroatoms. The minimum absolute atomic E-state index is 0.0448. The lowest BCUT2D eigenvalue weighted by atomic mass is 10.0. The van der Waals surface area contributed by atoms with Gasteiger partial charge in [-0.05, 0) is 17.7 Å². The number of ether oxygens (including phenoxy) is 1. The first-order chi connectivity index (χ1) is 7.43. The van der Waals surface area contributed by atoms with Crippen molar-refractivity contribution in [1.29, 1.82) is 5.26 Å². The third-order valence-electron chi connectivity index (χ3n) is 2.00. The lowest BCUT2D eigenvalue weighted by molar-refractivity contribution is -0.138. The Morgan fingerprint density at radius 1 is 1.44 bits per heavy atom. The summed E-state index contributed by atoms with van der Waals surface area (Å²) in [5.41, 5.74) is -0.899. The molecule has 0 heterocycles. The first-order valence-corrected chi connectivity index (χ1v) is 5.30.